The highest BCUT2D eigenvalue weighted by Crippen LogP contribution is 2.20. The van der Waals surface area contributed by atoms with E-state index in [-0.39, 0.29) is 17.9 Å². The van der Waals surface area contributed by atoms with Crippen molar-refractivity contribution in [3.63, 3.8) is 0 Å². The van der Waals surface area contributed by atoms with E-state index in [0.29, 0.717) is 30.7 Å². The second-order valence-corrected chi connectivity index (χ2v) is 8.78. The van der Waals surface area contributed by atoms with Gasteiger partial charge >= 0.3 is 0 Å². The Morgan fingerprint density at radius 2 is 1.82 bits per heavy atom. The number of anilines is 1. The molecule has 2 amide bonds. The average molecular weight is 459 g/mol. The Morgan fingerprint density at radius 3 is 2.42 bits per heavy atom. The SMILES string of the molecule is CCCC(NC(=O)Cc1cc(F)cc(F)c1)C(=O)Nc1ccc(CCC(C)NC2CC2)cn1. The van der Waals surface area contributed by atoms with Gasteiger partial charge in [0.1, 0.15) is 23.5 Å². The van der Waals surface area contributed by atoms with E-state index in [4.69, 9.17) is 0 Å². The van der Waals surface area contributed by atoms with Gasteiger partial charge in [-0.05, 0) is 68.4 Å². The third-order valence-corrected chi connectivity index (χ3v) is 5.56. The van der Waals surface area contributed by atoms with Gasteiger partial charge in [0.15, 0.2) is 0 Å². The maximum absolute atomic E-state index is 13.4. The summed E-state index contributed by atoms with van der Waals surface area (Å²) in [6.07, 6.45) is 7.09. The number of aryl methyl sites for hydroxylation is 1. The summed E-state index contributed by atoms with van der Waals surface area (Å²) in [6.45, 7) is 4.09. The largest absolute Gasteiger partial charge is 0.344 e. The van der Waals surface area contributed by atoms with Gasteiger partial charge < -0.3 is 16.0 Å². The van der Waals surface area contributed by atoms with E-state index in [1.165, 1.54) is 12.8 Å². The van der Waals surface area contributed by atoms with Crippen LogP contribution in [0.15, 0.2) is 36.5 Å². The van der Waals surface area contributed by atoms with Crippen molar-refractivity contribution >= 4 is 17.6 Å². The third kappa shape index (κ3) is 8.53. The first-order chi connectivity index (χ1) is 15.8. The summed E-state index contributed by atoms with van der Waals surface area (Å²) in [4.78, 5) is 29.4. The minimum atomic E-state index is -0.767. The summed E-state index contributed by atoms with van der Waals surface area (Å²) in [5.41, 5.74) is 1.30. The number of amides is 2. The lowest BCUT2D eigenvalue weighted by Crippen LogP contribution is -2.44. The van der Waals surface area contributed by atoms with Crippen LogP contribution in [0.3, 0.4) is 0 Å². The van der Waals surface area contributed by atoms with Gasteiger partial charge in [-0.3, -0.25) is 9.59 Å². The number of hydrogen-bond acceptors (Lipinski definition) is 4. The molecule has 2 unspecified atom stereocenters. The second kappa shape index (κ2) is 11.8. The third-order valence-electron chi connectivity index (χ3n) is 5.56. The summed E-state index contributed by atoms with van der Waals surface area (Å²) in [5.74, 6) is -1.94. The van der Waals surface area contributed by atoms with E-state index in [2.05, 4.69) is 27.9 Å². The number of nitrogens with zero attached hydrogens (tertiary/aromatic N) is 1. The van der Waals surface area contributed by atoms with Crippen molar-refractivity contribution in [3.05, 3.63) is 59.3 Å². The number of hydrogen-bond donors (Lipinski definition) is 3. The Balaban J connectivity index is 1.50. The van der Waals surface area contributed by atoms with Crippen LogP contribution in [0, 0.1) is 11.6 Å². The van der Waals surface area contributed by atoms with E-state index in [9.17, 15) is 18.4 Å². The molecule has 1 aliphatic rings. The highest BCUT2D eigenvalue weighted by molar-refractivity contribution is 5.96. The fraction of sp³-hybridized carbons (Fsp3) is 0.480. The number of carbonyl (C=O) groups excluding carboxylic acids is 2. The molecule has 2 aromatic rings. The zero-order valence-electron chi connectivity index (χ0n) is 19.2. The van der Waals surface area contributed by atoms with Gasteiger partial charge in [-0.1, -0.05) is 19.4 Å². The molecule has 33 heavy (non-hydrogen) atoms. The molecule has 0 bridgehead atoms. The molecular weight excluding hydrogens is 426 g/mol. The highest BCUT2D eigenvalue weighted by atomic mass is 19.1. The van der Waals surface area contributed by atoms with Crippen LogP contribution in [0.4, 0.5) is 14.6 Å². The lowest BCUT2D eigenvalue weighted by molar-refractivity contribution is -0.126. The number of carbonyl (C=O) groups is 2. The molecule has 1 aromatic carbocycles. The Hall–Kier alpha value is -2.87. The van der Waals surface area contributed by atoms with Gasteiger partial charge in [0.25, 0.3) is 0 Å². The predicted octanol–water partition coefficient (Wildman–Crippen LogP) is 3.90. The summed E-state index contributed by atoms with van der Waals surface area (Å²) < 4.78 is 26.7. The van der Waals surface area contributed by atoms with Crippen LogP contribution >= 0.6 is 0 Å². The van der Waals surface area contributed by atoms with E-state index >= 15 is 0 Å². The Bertz CT molecular complexity index is 928. The van der Waals surface area contributed by atoms with E-state index < -0.39 is 23.6 Å². The molecule has 2 atom stereocenters. The molecule has 178 valence electrons. The van der Waals surface area contributed by atoms with Crippen molar-refractivity contribution in [1.29, 1.82) is 0 Å². The number of pyridine rings is 1. The number of rotatable bonds is 12. The van der Waals surface area contributed by atoms with Crippen LogP contribution in [0.2, 0.25) is 0 Å². The van der Waals surface area contributed by atoms with Gasteiger partial charge in [0, 0.05) is 24.3 Å². The fourth-order valence-electron chi connectivity index (χ4n) is 3.68. The molecule has 0 saturated heterocycles. The molecule has 6 nitrogen and oxygen atoms in total. The number of nitrogens with one attached hydrogen (secondary N) is 3. The molecule has 0 aliphatic heterocycles. The lowest BCUT2D eigenvalue weighted by Gasteiger charge is -2.18. The van der Waals surface area contributed by atoms with Crippen LogP contribution in [0.25, 0.3) is 0 Å². The molecule has 1 aliphatic carbocycles. The van der Waals surface area contributed by atoms with Crippen molar-refractivity contribution in [3.8, 4) is 0 Å². The van der Waals surface area contributed by atoms with Crippen LogP contribution in [-0.4, -0.2) is 34.9 Å². The van der Waals surface area contributed by atoms with Crippen LogP contribution in [0.5, 0.6) is 0 Å². The number of halogens is 2. The second-order valence-electron chi connectivity index (χ2n) is 8.78. The Kier molecular flexibility index (Phi) is 8.88. The van der Waals surface area contributed by atoms with Crippen molar-refractivity contribution in [1.82, 2.24) is 15.6 Å². The predicted molar refractivity (Wildman–Crippen MR) is 124 cm³/mol. The quantitative estimate of drug-likeness (QED) is 0.451. The molecule has 8 heteroatoms. The molecule has 3 N–H and O–H groups in total. The first-order valence-electron chi connectivity index (χ1n) is 11.6. The molecule has 0 radical (unpaired) electrons. The van der Waals surface area contributed by atoms with Crippen LogP contribution in [-0.2, 0) is 22.4 Å². The van der Waals surface area contributed by atoms with Crippen molar-refractivity contribution in [2.24, 2.45) is 0 Å². The van der Waals surface area contributed by atoms with E-state index in [1.54, 1.807) is 12.3 Å². The van der Waals surface area contributed by atoms with Crippen LogP contribution < -0.4 is 16.0 Å². The summed E-state index contributed by atoms with van der Waals surface area (Å²) in [5, 5.41) is 8.98. The van der Waals surface area contributed by atoms with Gasteiger partial charge in [-0.2, -0.15) is 0 Å². The normalized spacial score (nSPS) is 15.0. The highest BCUT2D eigenvalue weighted by Gasteiger charge is 2.23. The van der Waals surface area contributed by atoms with Crippen molar-refractivity contribution < 1.29 is 18.4 Å². The van der Waals surface area contributed by atoms with Gasteiger partial charge in [-0.15, -0.1) is 0 Å². The topological polar surface area (TPSA) is 83.1 Å². The molecular formula is C25H32F2N4O2. The van der Waals surface area contributed by atoms with Crippen LogP contribution in [0.1, 0.15) is 57.1 Å². The number of aromatic nitrogens is 1. The Morgan fingerprint density at radius 1 is 1.09 bits per heavy atom. The summed E-state index contributed by atoms with van der Waals surface area (Å²) in [6, 6.07) is 7.03. The molecule has 1 saturated carbocycles. The maximum Gasteiger partial charge on any atom is 0.248 e. The van der Waals surface area contributed by atoms with Crippen molar-refractivity contribution in [2.45, 2.75) is 76.9 Å². The Labute approximate surface area is 193 Å². The minimum Gasteiger partial charge on any atom is -0.344 e. The molecule has 1 aromatic heterocycles. The average Bonchev–Trinajstić information content (AvgIpc) is 3.56. The summed E-state index contributed by atoms with van der Waals surface area (Å²) >= 11 is 0. The van der Waals surface area contributed by atoms with Crippen molar-refractivity contribution in [2.75, 3.05) is 5.32 Å². The van der Waals surface area contributed by atoms with Gasteiger partial charge in [0.2, 0.25) is 11.8 Å². The minimum absolute atomic E-state index is 0.208. The first kappa shape index (κ1) is 24.8. The first-order valence-corrected chi connectivity index (χ1v) is 11.6. The lowest BCUT2D eigenvalue weighted by atomic mass is 10.1. The standard InChI is InChI=1S/C25H32F2N4O2/c1-3-4-22(30-24(32)13-18-11-19(26)14-20(27)12-18)25(33)31-23-10-7-17(15-28-23)6-5-16(2)29-21-8-9-21/h7,10-12,14-16,21-22,29H,3-6,8-9,13H2,1-2H3,(H,30,32)(H,28,31,33). The maximum atomic E-state index is 13.4. The van der Waals surface area contributed by atoms with Gasteiger partial charge in [0.05, 0.1) is 6.42 Å². The smallest absolute Gasteiger partial charge is 0.248 e. The number of benzene rings is 1. The van der Waals surface area contributed by atoms with E-state index in [1.807, 2.05) is 13.0 Å². The molecule has 1 heterocycles. The summed E-state index contributed by atoms with van der Waals surface area (Å²) in [7, 11) is 0. The zero-order valence-corrected chi connectivity index (χ0v) is 19.2. The van der Waals surface area contributed by atoms with Gasteiger partial charge in [-0.25, -0.2) is 13.8 Å². The zero-order chi connectivity index (χ0) is 23.8. The van der Waals surface area contributed by atoms with E-state index in [0.717, 1.165) is 36.6 Å². The molecule has 1 fully saturated rings. The molecule has 0 spiro atoms. The monoisotopic (exact) mass is 458 g/mol. The molecule has 3 rings (SSSR count). The fourth-order valence-corrected chi connectivity index (χ4v) is 3.68.